The Kier molecular flexibility index (Phi) is 3.91. The smallest absolute Gasteiger partial charge is 0.138 e. The Morgan fingerprint density at radius 2 is 1.42 bits per heavy atom. The van der Waals surface area contributed by atoms with Crippen molar-refractivity contribution in [3.05, 3.63) is 122 Å². The lowest BCUT2D eigenvalue weighted by Crippen LogP contribution is -1.93. The molecule has 0 aliphatic rings. The fraction of sp³-hybridized carbons (Fsp3) is 0. The summed E-state index contributed by atoms with van der Waals surface area (Å²) in [6.07, 6.45) is 3.74. The minimum Gasteiger partial charge on any atom is -0.309 e. The fourth-order valence-corrected chi connectivity index (χ4v) is 5.60. The first-order chi connectivity index (χ1) is 17.9. The maximum absolute atomic E-state index is 5.08. The van der Waals surface area contributed by atoms with Gasteiger partial charge < -0.3 is 4.57 Å². The lowest BCUT2D eigenvalue weighted by Gasteiger charge is -2.09. The third-order valence-electron chi connectivity index (χ3n) is 7.19. The molecule has 0 radical (unpaired) electrons. The maximum atomic E-state index is 5.08. The molecule has 36 heavy (non-hydrogen) atoms. The van der Waals surface area contributed by atoms with Gasteiger partial charge in [-0.25, -0.2) is 4.98 Å². The summed E-state index contributed by atoms with van der Waals surface area (Å²) in [7, 11) is 0. The van der Waals surface area contributed by atoms with Gasteiger partial charge in [-0.2, -0.15) is 0 Å². The number of benzene rings is 4. The Labute approximate surface area is 206 Å². The van der Waals surface area contributed by atoms with Crippen molar-refractivity contribution in [1.29, 1.82) is 0 Å². The number of hydrogen-bond donors (Lipinski definition) is 0. The average molecular weight is 461 g/mol. The van der Waals surface area contributed by atoms with Crippen molar-refractivity contribution in [1.82, 2.24) is 18.9 Å². The van der Waals surface area contributed by atoms with Gasteiger partial charge in [0.25, 0.3) is 0 Å². The highest BCUT2D eigenvalue weighted by Crippen LogP contribution is 2.37. The zero-order valence-electron chi connectivity index (χ0n) is 19.3. The standard InChI is InChI=1S/C32H20N4/c1-2-7-23(8-3-1)35-28-11-5-4-9-25(28)26-15-13-21(19-30(26)35)24-10-6-12-29-32(24)34-31-16-14-22-20-33-18-17-27(22)36(29)31/h1-20H. The summed E-state index contributed by atoms with van der Waals surface area (Å²) in [5, 5.41) is 3.61. The molecule has 0 amide bonds. The summed E-state index contributed by atoms with van der Waals surface area (Å²) in [6.45, 7) is 0. The van der Waals surface area contributed by atoms with Gasteiger partial charge in [0.15, 0.2) is 0 Å². The van der Waals surface area contributed by atoms with E-state index in [0.29, 0.717) is 0 Å². The highest BCUT2D eigenvalue weighted by Gasteiger charge is 2.16. The van der Waals surface area contributed by atoms with E-state index >= 15 is 0 Å². The molecule has 4 aromatic carbocycles. The normalized spacial score (nSPS) is 11.9. The van der Waals surface area contributed by atoms with Crippen LogP contribution in [0.4, 0.5) is 0 Å². The lowest BCUT2D eigenvalue weighted by atomic mass is 10.0. The lowest BCUT2D eigenvalue weighted by molar-refractivity contribution is 1.18. The average Bonchev–Trinajstić information content (AvgIpc) is 3.49. The predicted molar refractivity (Wildman–Crippen MR) is 148 cm³/mol. The molecule has 0 saturated heterocycles. The van der Waals surface area contributed by atoms with Gasteiger partial charge in [-0.05, 0) is 54.1 Å². The number of hydrogen-bond acceptors (Lipinski definition) is 2. The molecule has 0 bridgehead atoms. The summed E-state index contributed by atoms with van der Waals surface area (Å²) in [5.74, 6) is 0. The Morgan fingerprint density at radius 1 is 0.583 bits per heavy atom. The monoisotopic (exact) mass is 460 g/mol. The van der Waals surface area contributed by atoms with Crippen LogP contribution in [0.3, 0.4) is 0 Å². The molecule has 8 rings (SSSR count). The second-order valence-electron chi connectivity index (χ2n) is 9.17. The van der Waals surface area contributed by atoms with Crippen molar-refractivity contribution >= 4 is 49.4 Å². The first kappa shape index (κ1) is 19.4. The highest BCUT2D eigenvalue weighted by atomic mass is 15.0. The molecule has 4 aromatic heterocycles. The quantitative estimate of drug-likeness (QED) is 0.264. The maximum Gasteiger partial charge on any atom is 0.138 e. The summed E-state index contributed by atoms with van der Waals surface area (Å²) in [4.78, 5) is 9.37. The van der Waals surface area contributed by atoms with Crippen LogP contribution in [0.2, 0.25) is 0 Å². The zero-order valence-corrected chi connectivity index (χ0v) is 19.3. The first-order valence-electron chi connectivity index (χ1n) is 12.1. The van der Waals surface area contributed by atoms with Crippen LogP contribution in [-0.4, -0.2) is 18.9 Å². The molecule has 4 heterocycles. The van der Waals surface area contributed by atoms with Crippen molar-refractivity contribution in [3.63, 3.8) is 0 Å². The van der Waals surface area contributed by atoms with Gasteiger partial charge in [0, 0.05) is 39.8 Å². The summed E-state index contributed by atoms with van der Waals surface area (Å²) < 4.78 is 4.59. The van der Waals surface area contributed by atoms with E-state index in [4.69, 9.17) is 4.98 Å². The van der Waals surface area contributed by atoms with Crippen LogP contribution in [0, 0.1) is 0 Å². The van der Waals surface area contributed by atoms with E-state index < -0.39 is 0 Å². The molecular formula is C32H20N4. The topological polar surface area (TPSA) is 35.1 Å². The van der Waals surface area contributed by atoms with Crippen LogP contribution < -0.4 is 0 Å². The summed E-state index contributed by atoms with van der Waals surface area (Å²) >= 11 is 0. The number of rotatable bonds is 2. The van der Waals surface area contributed by atoms with Crippen LogP contribution >= 0.6 is 0 Å². The Bertz CT molecular complexity index is 2100. The molecule has 168 valence electrons. The Balaban J connectivity index is 1.44. The molecule has 0 aliphatic carbocycles. The van der Waals surface area contributed by atoms with E-state index in [0.717, 1.165) is 44.4 Å². The van der Waals surface area contributed by atoms with Gasteiger partial charge in [-0.3, -0.25) is 9.38 Å². The largest absolute Gasteiger partial charge is 0.309 e. The molecular weight excluding hydrogens is 440 g/mol. The minimum absolute atomic E-state index is 0.940. The molecule has 4 nitrogen and oxygen atoms in total. The van der Waals surface area contributed by atoms with E-state index in [1.165, 1.54) is 21.8 Å². The molecule has 8 aromatic rings. The van der Waals surface area contributed by atoms with E-state index in [2.05, 4.69) is 123 Å². The van der Waals surface area contributed by atoms with Crippen molar-refractivity contribution in [2.24, 2.45) is 0 Å². The van der Waals surface area contributed by atoms with Crippen LogP contribution in [0.1, 0.15) is 0 Å². The predicted octanol–water partition coefficient (Wildman–Crippen LogP) is 7.80. The van der Waals surface area contributed by atoms with Crippen LogP contribution in [0.25, 0.3) is 66.2 Å². The van der Waals surface area contributed by atoms with Gasteiger partial charge in [-0.1, -0.05) is 60.7 Å². The Morgan fingerprint density at radius 3 is 2.36 bits per heavy atom. The summed E-state index contributed by atoms with van der Waals surface area (Å²) in [5.41, 5.74) is 10.0. The SMILES string of the molecule is c1ccc(-n2c3ccccc3c3ccc(-c4cccc5c4nc4ccc6cnccc6n45)cc32)cc1. The molecule has 4 heteroatoms. The van der Waals surface area contributed by atoms with E-state index in [-0.39, 0.29) is 0 Å². The number of fused-ring (bicyclic) bond motifs is 8. The number of imidazole rings is 1. The molecule has 0 spiro atoms. The van der Waals surface area contributed by atoms with E-state index in [9.17, 15) is 0 Å². The number of nitrogens with zero attached hydrogens (tertiary/aromatic N) is 4. The Hall–Kier alpha value is -4.96. The fourth-order valence-electron chi connectivity index (χ4n) is 5.60. The molecule has 0 N–H and O–H groups in total. The van der Waals surface area contributed by atoms with Gasteiger partial charge in [0.1, 0.15) is 5.65 Å². The van der Waals surface area contributed by atoms with Crippen molar-refractivity contribution in [3.8, 4) is 16.8 Å². The van der Waals surface area contributed by atoms with Crippen molar-refractivity contribution in [2.45, 2.75) is 0 Å². The van der Waals surface area contributed by atoms with Crippen LogP contribution in [0.5, 0.6) is 0 Å². The van der Waals surface area contributed by atoms with E-state index in [1.807, 2.05) is 12.4 Å². The van der Waals surface area contributed by atoms with Gasteiger partial charge in [0.05, 0.1) is 27.6 Å². The summed E-state index contributed by atoms with van der Waals surface area (Å²) in [6, 6.07) is 38.7. The van der Waals surface area contributed by atoms with Crippen molar-refractivity contribution < 1.29 is 0 Å². The third-order valence-corrected chi connectivity index (χ3v) is 7.19. The third kappa shape index (κ3) is 2.64. The van der Waals surface area contributed by atoms with Crippen molar-refractivity contribution in [2.75, 3.05) is 0 Å². The highest BCUT2D eigenvalue weighted by molar-refractivity contribution is 6.11. The number of aromatic nitrogens is 4. The second-order valence-corrected chi connectivity index (χ2v) is 9.17. The minimum atomic E-state index is 0.940. The van der Waals surface area contributed by atoms with Gasteiger partial charge in [-0.15, -0.1) is 0 Å². The first-order valence-corrected chi connectivity index (χ1v) is 12.1. The molecule has 0 fully saturated rings. The number of pyridine rings is 2. The van der Waals surface area contributed by atoms with Crippen LogP contribution in [-0.2, 0) is 0 Å². The number of para-hydroxylation sites is 3. The molecule has 0 atom stereocenters. The second kappa shape index (κ2) is 7.27. The van der Waals surface area contributed by atoms with E-state index in [1.54, 1.807) is 0 Å². The zero-order chi connectivity index (χ0) is 23.6. The molecule has 0 saturated carbocycles. The molecule has 0 unspecified atom stereocenters. The van der Waals surface area contributed by atoms with Gasteiger partial charge in [0.2, 0.25) is 0 Å². The molecule has 0 aliphatic heterocycles. The van der Waals surface area contributed by atoms with Gasteiger partial charge >= 0.3 is 0 Å². The van der Waals surface area contributed by atoms with Crippen LogP contribution in [0.15, 0.2) is 122 Å².